The van der Waals surface area contributed by atoms with Crippen LogP contribution in [-0.4, -0.2) is 63.8 Å². The number of nitrogens with zero attached hydrogens (tertiary/aromatic N) is 5. The molecule has 4 heterocycles. The van der Waals surface area contributed by atoms with Crippen molar-refractivity contribution in [1.29, 1.82) is 5.41 Å². The molecule has 3 aromatic heterocycles. The van der Waals surface area contributed by atoms with E-state index < -0.39 is 0 Å². The Kier molecular flexibility index (Phi) is 7.71. The fourth-order valence-electron chi connectivity index (χ4n) is 4.41. The molecule has 1 aromatic carbocycles. The van der Waals surface area contributed by atoms with Gasteiger partial charge in [-0.1, -0.05) is 24.3 Å². The predicted octanol–water partition coefficient (Wildman–Crippen LogP) is 4.05. The van der Waals surface area contributed by atoms with Crippen LogP contribution in [-0.2, 0) is 6.61 Å². The van der Waals surface area contributed by atoms with E-state index in [9.17, 15) is 0 Å². The topological polar surface area (TPSA) is 101 Å². The van der Waals surface area contributed by atoms with Crippen molar-refractivity contribution in [3.05, 3.63) is 78.5 Å². The summed E-state index contributed by atoms with van der Waals surface area (Å²) in [6, 6.07) is 13.6. The molecule has 37 heavy (non-hydrogen) atoms. The molecule has 0 amide bonds. The maximum Gasteiger partial charge on any atom is 0.217 e. The molecule has 5 rings (SSSR count). The van der Waals surface area contributed by atoms with Gasteiger partial charge in [0.2, 0.25) is 5.88 Å². The molecule has 1 aliphatic heterocycles. The molecule has 9 heteroatoms. The van der Waals surface area contributed by atoms with Crippen LogP contribution in [0.1, 0.15) is 24.0 Å². The summed E-state index contributed by atoms with van der Waals surface area (Å²) in [5, 5.41) is 10.5. The smallest absolute Gasteiger partial charge is 0.217 e. The first-order chi connectivity index (χ1) is 18.2. The lowest BCUT2D eigenvalue weighted by Gasteiger charge is -2.15. The second kappa shape index (κ2) is 11.7. The highest BCUT2D eigenvalue weighted by molar-refractivity contribution is 6.08. The molecule has 0 saturated carbocycles. The van der Waals surface area contributed by atoms with Crippen molar-refractivity contribution in [2.24, 2.45) is 0 Å². The number of ether oxygens (including phenoxy) is 2. The molecule has 1 saturated heterocycles. The summed E-state index contributed by atoms with van der Waals surface area (Å²) < 4.78 is 13.9. The van der Waals surface area contributed by atoms with Crippen LogP contribution in [0, 0.1) is 5.41 Å². The summed E-state index contributed by atoms with van der Waals surface area (Å²) in [6.45, 7) is 4.35. The largest absolute Gasteiger partial charge is 0.492 e. The zero-order chi connectivity index (χ0) is 25.5. The number of imidazole rings is 1. The van der Waals surface area contributed by atoms with Crippen LogP contribution in [0.25, 0.3) is 22.6 Å². The maximum atomic E-state index is 7.56. The third kappa shape index (κ3) is 5.95. The van der Waals surface area contributed by atoms with Crippen LogP contribution in [0.3, 0.4) is 0 Å². The second-order valence-electron chi connectivity index (χ2n) is 8.89. The summed E-state index contributed by atoms with van der Waals surface area (Å²) in [7, 11) is 1.82. The van der Waals surface area contributed by atoms with E-state index in [0.29, 0.717) is 19.1 Å². The lowest BCUT2D eigenvalue weighted by atomic mass is 10.1. The standard InChI is InChI=1S/C28H31N7O2/c1-30-17-23(16-29)22-6-4-21(5-7-22)19-37-28-15-25(32-20-33-28)26-18-31-27-14-24(8-11-35(26)27)36-13-12-34-9-2-3-10-34/h4-8,11,14-18,20,29-30H,2-3,9-10,12-13,19H2,1H3/b23-17+,29-16?. The van der Waals surface area contributed by atoms with Gasteiger partial charge in [0.15, 0.2) is 0 Å². The highest BCUT2D eigenvalue weighted by Crippen LogP contribution is 2.24. The van der Waals surface area contributed by atoms with Crippen LogP contribution < -0.4 is 14.8 Å². The summed E-state index contributed by atoms with van der Waals surface area (Å²) in [5.74, 6) is 1.30. The Bertz CT molecular complexity index is 1380. The van der Waals surface area contributed by atoms with Gasteiger partial charge < -0.3 is 20.2 Å². The van der Waals surface area contributed by atoms with Gasteiger partial charge in [-0.3, -0.25) is 9.30 Å². The van der Waals surface area contributed by atoms with E-state index in [1.807, 2.05) is 60.1 Å². The number of benzene rings is 1. The number of likely N-dealkylation sites (tertiary alicyclic amines) is 1. The normalized spacial score (nSPS) is 14.1. The van der Waals surface area contributed by atoms with Crippen molar-refractivity contribution in [2.45, 2.75) is 19.4 Å². The van der Waals surface area contributed by atoms with Crippen LogP contribution in [0.5, 0.6) is 11.6 Å². The molecule has 4 aromatic rings. The summed E-state index contributed by atoms with van der Waals surface area (Å²) in [5.41, 5.74) is 5.15. The minimum atomic E-state index is 0.373. The maximum absolute atomic E-state index is 7.56. The zero-order valence-electron chi connectivity index (χ0n) is 20.9. The molecule has 0 bridgehead atoms. The lowest BCUT2D eigenvalue weighted by molar-refractivity contribution is 0.238. The molecule has 0 aliphatic carbocycles. The van der Waals surface area contributed by atoms with Gasteiger partial charge in [-0.25, -0.2) is 15.0 Å². The molecule has 1 fully saturated rings. The summed E-state index contributed by atoms with van der Waals surface area (Å²) in [6.07, 6.45) is 11.0. The minimum absolute atomic E-state index is 0.373. The summed E-state index contributed by atoms with van der Waals surface area (Å²) >= 11 is 0. The van der Waals surface area contributed by atoms with E-state index in [1.54, 1.807) is 12.4 Å². The van der Waals surface area contributed by atoms with Crippen LogP contribution in [0.2, 0.25) is 0 Å². The van der Waals surface area contributed by atoms with E-state index in [0.717, 1.165) is 46.0 Å². The second-order valence-corrected chi connectivity index (χ2v) is 8.89. The van der Waals surface area contributed by atoms with E-state index in [4.69, 9.17) is 14.9 Å². The third-order valence-corrected chi connectivity index (χ3v) is 6.39. The first kappa shape index (κ1) is 24.5. The number of allylic oxidation sites excluding steroid dienone is 1. The highest BCUT2D eigenvalue weighted by Gasteiger charge is 2.12. The van der Waals surface area contributed by atoms with Crippen LogP contribution >= 0.6 is 0 Å². The van der Waals surface area contributed by atoms with Gasteiger partial charge in [-0.05, 0) is 43.1 Å². The lowest BCUT2D eigenvalue weighted by Crippen LogP contribution is -2.25. The Morgan fingerprint density at radius 3 is 2.68 bits per heavy atom. The van der Waals surface area contributed by atoms with Crippen LogP contribution in [0.4, 0.5) is 0 Å². The first-order valence-electron chi connectivity index (χ1n) is 12.5. The fraction of sp³-hybridized carbons (Fsp3) is 0.286. The quantitative estimate of drug-likeness (QED) is 0.302. The number of hydrogen-bond donors (Lipinski definition) is 2. The predicted molar refractivity (Wildman–Crippen MR) is 144 cm³/mol. The number of fused-ring (bicyclic) bond motifs is 1. The van der Waals surface area contributed by atoms with Crippen molar-refractivity contribution < 1.29 is 9.47 Å². The van der Waals surface area contributed by atoms with Crippen molar-refractivity contribution in [1.82, 2.24) is 29.6 Å². The minimum Gasteiger partial charge on any atom is -0.492 e. The van der Waals surface area contributed by atoms with Gasteiger partial charge in [-0.15, -0.1) is 0 Å². The average molecular weight is 498 g/mol. The molecule has 0 unspecified atom stereocenters. The van der Waals surface area contributed by atoms with Crippen molar-refractivity contribution in [3.63, 3.8) is 0 Å². The number of rotatable bonds is 11. The van der Waals surface area contributed by atoms with E-state index in [2.05, 4.69) is 25.2 Å². The van der Waals surface area contributed by atoms with Crippen LogP contribution in [0.15, 0.2) is 67.4 Å². The number of pyridine rings is 1. The molecule has 190 valence electrons. The van der Waals surface area contributed by atoms with Gasteiger partial charge in [0.05, 0.1) is 17.6 Å². The van der Waals surface area contributed by atoms with E-state index >= 15 is 0 Å². The molecule has 1 aliphatic rings. The fourth-order valence-corrected chi connectivity index (χ4v) is 4.41. The molecule has 0 atom stereocenters. The molecule has 9 nitrogen and oxygen atoms in total. The van der Waals surface area contributed by atoms with Gasteiger partial charge in [0.25, 0.3) is 0 Å². The monoisotopic (exact) mass is 497 g/mol. The number of nitrogens with one attached hydrogen (secondary N) is 2. The Hall–Kier alpha value is -4.24. The Labute approximate surface area is 216 Å². The third-order valence-electron chi connectivity index (χ3n) is 6.39. The number of aromatic nitrogens is 4. The molecular formula is C28H31N7O2. The van der Waals surface area contributed by atoms with Crippen molar-refractivity contribution >= 4 is 17.4 Å². The Balaban J connectivity index is 1.23. The first-order valence-corrected chi connectivity index (χ1v) is 12.5. The van der Waals surface area contributed by atoms with Gasteiger partial charge in [0.1, 0.15) is 30.9 Å². The number of hydrogen-bond acceptors (Lipinski definition) is 8. The van der Waals surface area contributed by atoms with E-state index in [1.165, 1.54) is 38.5 Å². The highest BCUT2D eigenvalue weighted by atomic mass is 16.5. The molecule has 2 N–H and O–H groups in total. The Morgan fingerprint density at radius 2 is 1.89 bits per heavy atom. The van der Waals surface area contributed by atoms with Crippen molar-refractivity contribution in [2.75, 3.05) is 33.3 Å². The summed E-state index contributed by atoms with van der Waals surface area (Å²) in [4.78, 5) is 15.7. The average Bonchev–Trinajstić information content (AvgIpc) is 3.61. The zero-order valence-corrected chi connectivity index (χ0v) is 20.9. The van der Waals surface area contributed by atoms with Gasteiger partial charge in [-0.2, -0.15) is 0 Å². The van der Waals surface area contributed by atoms with Gasteiger partial charge >= 0.3 is 0 Å². The Morgan fingerprint density at radius 1 is 1.05 bits per heavy atom. The molecule has 0 radical (unpaired) electrons. The molecular weight excluding hydrogens is 466 g/mol. The van der Waals surface area contributed by atoms with E-state index in [-0.39, 0.29) is 0 Å². The van der Waals surface area contributed by atoms with Crippen molar-refractivity contribution in [3.8, 4) is 23.0 Å². The van der Waals surface area contributed by atoms with Gasteiger partial charge in [0, 0.05) is 49.9 Å². The molecule has 0 spiro atoms. The SMILES string of the molecule is CN/C=C(\C=N)c1ccc(COc2cc(-c3cnc4cc(OCCN5CCCC5)ccn34)ncn2)cc1.